The Bertz CT molecular complexity index is 1160. The highest BCUT2D eigenvalue weighted by molar-refractivity contribution is 5.85. The van der Waals surface area contributed by atoms with Crippen molar-refractivity contribution in [2.45, 2.75) is 63.8 Å². The lowest BCUT2D eigenvalue weighted by Crippen LogP contribution is -2.37. The zero-order valence-electron chi connectivity index (χ0n) is 20.5. The number of hydrogen-bond donors (Lipinski definition) is 1. The van der Waals surface area contributed by atoms with Crippen molar-refractivity contribution in [3.63, 3.8) is 0 Å². The van der Waals surface area contributed by atoms with E-state index in [1.165, 1.54) is 60.6 Å². The fraction of sp³-hybridized carbons (Fsp3) is 0.448. The van der Waals surface area contributed by atoms with E-state index in [-0.39, 0.29) is 0 Å². The van der Waals surface area contributed by atoms with E-state index in [4.69, 9.17) is 0 Å². The summed E-state index contributed by atoms with van der Waals surface area (Å²) in [5.74, 6) is 1.47. The maximum absolute atomic E-state index is 3.94. The molecular formula is C29H37N5. The van der Waals surface area contributed by atoms with Crippen LogP contribution in [0.3, 0.4) is 0 Å². The maximum atomic E-state index is 3.94. The number of likely N-dealkylation sites (N-methyl/N-ethyl adjacent to an activating group) is 1. The van der Waals surface area contributed by atoms with Crippen molar-refractivity contribution in [2.75, 3.05) is 13.6 Å². The molecule has 0 aliphatic heterocycles. The van der Waals surface area contributed by atoms with Crippen LogP contribution in [-0.2, 0) is 6.42 Å². The molecule has 0 bridgehead atoms. The predicted molar refractivity (Wildman–Crippen MR) is 139 cm³/mol. The molecule has 178 valence electrons. The largest absolute Gasteiger partial charge is 0.361 e. The molecule has 34 heavy (non-hydrogen) atoms. The van der Waals surface area contributed by atoms with E-state index >= 15 is 0 Å². The summed E-state index contributed by atoms with van der Waals surface area (Å²) in [5.41, 5.74) is 5.20. The SMILES string of the molecule is CC(CN(C)[C@H]1CC[C@@H](CCCc2c[nH]c3ccc(-n4cnnc4)cc23)CC1)c1ccccc1. The van der Waals surface area contributed by atoms with E-state index < -0.39 is 0 Å². The molecule has 1 aliphatic rings. The molecule has 5 rings (SSSR count). The summed E-state index contributed by atoms with van der Waals surface area (Å²) in [6.45, 7) is 3.51. The average molecular weight is 456 g/mol. The number of nitrogens with one attached hydrogen (secondary N) is 1. The first-order chi connectivity index (χ1) is 16.7. The molecule has 0 amide bonds. The normalized spacial score (nSPS) is 19.6. The number of hydrogen-bond acceptors (Lipinski definition) is 3. The first kappa shape index (κ1) is 22.9. The Morgan fingerprint density at radius 3 is 2.56 bits per heavy atom. The quantitative estimate of drug-likeness (QED) is 0.319. The number of nitrogens with zero attached hydrogens (tertiary/aromatic N) is 4. The summed E-state index contributed by atoms with van der Waals surface area (Å²) in [5, 5.41) is 9.20. The zero-order chi connectivity index (χ0) is 23.3. The number of fused-ring (bicyclic) bond motifs is 1. The van der Waals surface area contributed by atoms with E-state index in [9.17, 15) is 0 Å². The van der Waals surface area contributed by atoms with Gasteiger partial charge in [-0.1, -0.05) is 43.7 Å². The minimum absolute atomic E-state index is 0.589. The van der Waals surface area contributed by atoms with Crippen LogP contribution in [0.5, 0.6) is 0 Å². The fourth-order valence-corrected chi connectivity index (χ4v) is 5.79. The number of rotatable bonds is 9. The molecule has 5 heteroatoms. The lowest BCUT2D eigenvalue weighted by atomic mass is 9.82. The van der Waals surface area contributed by atoms with Gasteiger partial charge in [0.1, 0.15) is 12.7 Å². The minimum Gasteiger partial charge on any atom is -0.361 e. The summed E-state index contributed by atoms with van der Waals surface area (Å²) in [7, 11) is 2.33. The molecule has 0 radical (unpaired) electrons. The molecule has 1 atom stereocenters. The summed E-state index contributed by atoms with van der Waals surface area (Å²) in [4.78, 5) is 6.07. The van der Waals surface area contributed by atoms with Crippen LogP contribution in [0.1, 0.15) is 62.5 Å². The Morgan fingerprint density at radius 2 is 1.79 bits per heavy atom. The molecule has 0 spiro atoms. The monoisotopic (exact) mass is 455 g/mol. The van der Waals surface area contributed by atoms with Gasteiger partial charge >= 0.3 is 0 Å². The second kappa shape index (κ2) is 10.6. The molecular weight excluding hydrogens is 418 g/mol. The van der Waals surface area contributed by atoms with Crippen molar-refractivity contribution in [2.24, 2.45) is 5.92 Å². The van der Waals surface area contributed by atoms with E-state index in [0.717, 1.165) is 30.6 Å². The molecule has 2 aromatic carbocycles. The lowest BCUT2D eigenvalue weighted by molar-refractivity contribution is 0.155. The maximum Gasteiger partial charge on any atom is 0.123 e. The molecule has 1 aliphatic carbocycles. The minimum atomic E-state index is 0.589. The third-order valence-electron chi connectivity index (χ3n) is 7.90. The highest BCUT2D eigenvalue weighted by Crippen LogP contribution is 2.32. The van der Waals surface area contributed by atoms with Crippen LogP contribution in [0.25, 0.3) is 16.6 Å². The fourth-order valence-electron chi connectivity index (χ4n) is 5.79. The molecule has 1 fully saturated rings. The average Bonchev–Trinajstić information content (AvgIpc) is 3.55. The Hall–Kier alpha value is -2.92. The van der Waals surface area contributed by atoms with Crippen molar-refractivity contribution in [1.82, 2.24) is 24.6 Å². The highest BCUT2D eigenvalue weighted by atomic mass is 15.2. The van der Waals surface area contributed by atoms with Gasteiger partial charge < -0.3 is 9.88 Å². The molecule has 2 aromatic heterocycles. The molecule has 1 unspecified atom stereocenters. The van der Waals surface area contributed by atoms with Gasteiger partial charge in [0, 0.05) is 35.4 Å². The van der Waals surface area contributed by atoms with Crippen LogP contribution in [0.4, 0.5) is 0 Å². The van der Waals surface area contributed by atoms with Gasteiger partial charge in [-0.25, -0.2) is 0 Å². The van der Waals surface area contributed by atoms with E-state index in [1.54, 1.807) is 12.7 Å². The molecule has 4 aromatic rings. The van der Waals surface area contributed by atoms with Gasteiger partial charge in [0.15, 0.2) is 0 Å². The van der Waals surface area contributed by atoms with E-state index in [2.05, 4.69) is 88.8 Å². The standard InChI is InChI=1S/C29H37N5/c1-22(24-8-4-3-5-9-24)19-33(2)26-13-11-23(12-14-26)7-6-10-25-18-30-29-16-15-27(17-28(25)29)34-20-31-32-21-34/h3-5,8-9,15-18,20-23,26,30H,6-7,10-14,19H2,1-2H3/t22?,23-,26+. The molecule has 1 N–H and O–H groups in total. The van der Waals surface area contributed by atoms with Crippen molar-refractivity contribution in [3.8, 4) is 5.69 Å². The topological polar surface area (TPSA) is 49.7 Å². The smallest absolute Gasteiger partial charge is 0.123 e. The Balaban J connectivity index is 1.09. The summed E-state index contributed by atoms with van der Waals surface area (Å²) >= 11 is 0. The van der Waals surface area contributed by atoms with Gasteiger partial charge in [-0.15, -0.1) is 10.2 Å². The van der Waals surface area contributed by atoms with Gasteiger partial charge in [0.05, 0.1) is 0 Å². The van der Waals surface area contributed by atoms with Gasteiger partial charge in [0.2, 0.25) is 0 Å². The van der Waals surface area contributed by atoms with Crippen LogP contribution >= 0.6 is 0 Å². The number of H-pyrrole nitrogens is 1. The van der Waals surface area contributed by atoms with Gasteiger partial charge in [0.25, 0.3) is 0 Å². The predicted octanol–water partition coefficient (Wildman–Crippen LogP) is 6.37. The van der Waals surface area contributed by atoms with E-state index in [0.29, 0.717) is 5.92 Å². The molecule has 0 saturated heterocycles. The number of aryl methyl sites for hydroxylation is 1. The van der Waals surface area contributed by atoms with Gasteiger partial charge in [-0.3, -0.25) is 4.57 Å². The summed E-state index contributed by atoms with van der Waals surface area (Å²) < 4.78 is 1.96. The number of aromatic nitrogens is 4. The van der Waals surface area contributed by atoms with Crippen LogP contribution in [-0.4, -0.2) is 44.3 Å². The van der Waals surface area contributed by atoms with Gasteiger partial charge in [-0.05, 0) is 86.7 Å². The Kier molecular flexibility index (Phi) is 7.10. The third-order valence-corrected chi connectivity index (χ3v) is 7.90. The number of benzene rings is 2. The zero-order valence-corrected chi connectivity index (χ0v) is 20.5. The molecule has 5 nitrogen and oxygen atoms in total. The third kappa shape index (κ3) is 5.25. The van der Waals surface area contributed by atoms with Crippen molar-refractivity contribution in [1.29, 1.82) is 0 Å². The molecule has 2 heterocycles. The van der Waals surface area contributed by atoms with Crippen molar-refractivity contribution in [3.05, 3.63) is 78.5 Å². The Morgan fingerprint density at radius 1 is 1.03 bits per heavy atom. The summed E-state index contributed by atoms with van der Waals surface area (Å²) in [6.07, 6.45) is 14.9. The van der Waals surface area contributed by atoms with Crippen LogP contribution in [0, 0.1) is 5.92 Å². The lowest BCUT2D eigenvalue weighted by Gasteiger charge is -2.36. The van der Waals surface area contributed by atoms with Crippen LogP contribution in [0.2, 0.25) is 0 Å². The van der Waals surface area contributed by atoms with Gasteiger partial charge in [-0.2, -0.15) is 0 Å². The van der Waals surface area contributed by atoms with Crippen molar-refractivity contribution >= 4 is 10.9 Å². The van der Waals surface area contributed by atoms with Crippen LogP contribution < -0.4 is 0 Å². The molecule has 1 saturated carbocycles. The van der Waals surface area contributed by atoms with E-state index in [1.807, 2.05) is 4.57 Å². The van der Waals surface area contributed by atoms with Crippen LogP contribution in [0.15, 0.2) is 67.4 Å². The first-order valence-electron chi connectivity index (χ1n) is 12.9. The second-order valence-electron chi connectivity index (χ2n) is 10.2. The summed E-state index contributed by atoms with van der Waals surface area (Å²) in [6, 6.07) is 18.2. The van der Waals surface area contributed by atoms with Crippen molar-refractivity contribution < 1.29 is 0 Å². The number of aromatic amines is 1. The highest BCUT2D eigenvalue weighted by Gasteiger charge is 2.24. The Labute approximate surface area is 203 Å². The second-order valence-corrected chi connectivity index (χ2v) is 10.2. The first-order valence-corrected chi connectivity index (χ1v) is 12.9.